The Morgan fingerprint density at radius 2 is 1.47 bits per heavy atom. The molecule has 1 aromatic carbocycles. The maximum absolute atomic E-state index is 12.7. The number of hydrogen-bond acceptors (Lipinski definition) is 6. The second kappa shape index (κ2) is 10.6. The standard InChI is InChI=1S/C21H29N3O6/c1-5-29-19(26)15-11-16(20(27)30-6-2)13-17(12-15)22-18(25)14-7-9-24(10-8-14)21(28)23(3)4/h11-14H,5-10H2,1-4H3,(H,22,25). The van der Waals surface area contributed by atoms with Gasteiger partial charge in [-0.3, -0.25) is 4.79 Å². The van der Waals surface area contributed by atoms with E-state index in [1.54, 1.807) is 32.8 Å². The van der Waals surface area contributed by atoms with Gasteiger partial charge < -0.3 is 24.6 Å². The minimum absolute atomic E-state index is 0.0740. The van der Waals surface area contributed by atoms with Crippen LogP contribution >= 0.6 is 0 Å². The van der Waals surface area contributed by atoms with Crippen LogP contribution in [0.25, 0.3) is 0 Å². The summed E-state index contributed by atoms with van der Waals surface area (Å²) in [6.07, 6.45) is 1.07. The second-order valence-electron chi connectivity index (χ2n) is 7.17. The zero-order chi connectivity index (χ0) is 22.3. The van der Waals surface area contributed by atoms with E-state index < -0.39 is 11.9 Å². The Morgan fingerprint density at radius 3 is 1.90 bits per heavy atom. The highest BCUT2D eigenvalue weighted by Gasteiger charge is 2.28. The van der Waals surface area contributed by atoms with Gasteiger partial charge in [-0.05, 0) is 44.9 Å². The van der Waals surface area contributed by atoms with Gasteiger partial charge in [0.05, 0.1) is 24.3 Å². The average molecular weight is 419 g/mol. The topological polar surface area (TPSA) is 105 Å². The van der Waals surface area contributed by atoms with E-state index in [0.717, 1.165) is 0 Å². The summed E-state index contributed by atoms with van der Waals surface area (Å²) in [7, 11) is 3.39. The molecule has 0 aliphatic carbocycles. The number of carbonyl (C=O) groups excluding carboxylic acids is 4. The SMILES string of the molecule is CCOC(=O)c1cc(NC(=O)C2CCN(C(=O)N(C)C)CC2)cc(C(=O)OCC)c1. The fraction of sp³-hybridized carbons (Fsp3) is 0.524. The molecular formula is C21H29N3O6. The van der Waals surface area contributed by atoms with Crippen LogP contribution in [0.15, 0.2) is 18.2 Å². The molecule has 0 spiro atoms. The molecule has 9 nitrogen and oxygen atoms in total. The monoisotopic (exact) mass is 419 g/mol. The van der Waals surface area contributed by atoms with Gasteiger partial charge in [0, 0.05) is 38.8 Å². The maximum Gasteiger partial charge on any atom is 0.338 e. The van der Waals surface area contributed by atoms with E-state index in [1.807, 2.05) is 0 Å². The molecule has 1 heterocycles. The highest BCUT2D eigenvalue weighted by atomic mass is 16.5. The van der Waals surface area contributed by atoms with Gasteiger partial charge in [0.2, 0.25) is 5.91 Å². The van der Waals surface area contributed by atoms with Crippen molar-refractivity contribution in [2.45, 2.75) is 26.7 Å². The van der Waals surface area contributed by atoms with Crippen LogP contribution in [-0.4, -0.2) is 74.1 Å². The zero-order valence-corrected chi connectivity index (χ0v) is 17.9. The third-order valence-corrected chi connectivity index (χ3v) is 4.74. The van der Waals surface area contributed by atoms with Crippen molar-refractivity contribution in [3.8, 4) is 0 Å². The van der Waals surface area contributed by atoms with Gasteiger partial charge in [-0.15, -0.1) is 0 Å². The molecule has 0 atom stereocenters. The molecule has 0 bridgehead atoms. The van der Waals surface area contributed by atoms with Crippen LogP contribution in [0.2, 0.25) is 0 Å². The minimum atomic E-state index is -0.588. The summed E-state index contributed by atoms with van der Waals surface area (Å²) in [6.45, 7) is 4.73. The molecular weight excluding hydrogens is 390 g/mol. The molecule has 1 aliphatic rings. The summed E-state index contributed by atoms with van der Waals surface area (Å²) in [5.74, 6) is -1.67. The number of carbonyl (C=O) groups is 4. The van der Waals surface area contributed by atoms with Crippen molar-refractivity contribution in [3.05, 3.63) is 29.3 Å². The average Bonchev–Trinajstić information content (AvgIpc) is 2.73. The van der Waals surface area contributed by atoms with Crippen LogP contribution in [-0.2, 0) is 14.3 Å². The number of ether oxygens (including phenoxy) is 2. The second-order valence-corrected chi connectivity index (χ2v) is 7.17. The lowest BCUT2D eigenvalue weighted by atomic mass is 9.96. The predicted molar refractivity (Wildman–Crippen MR) is 110 cm³/mol. The van der Waals surface area contributed by atoms with Crippen molar-refractivity contribution < 1.29 is 28.7 Å². The Bertz CT molecular complexity index is 764. The summed E-state index contributed by atoms with van der Waals surface area (Å²) in [4.78, 5) is 52.3. The van der Waals surface area contributed by atoms with Crippen LogP contribution in [0.1, 0.15) is 47.4 Å². The van der Waals surface area contributed by atoms with Gasteiger partial charge >= 0.3 is 18.0 Å². The third-order valence-electron chi connectivity index (χ3n) is 4.74. The quantitative estimate of drug-likeness (QED) is 0.710. The maximum atomic E-state index is 12.7. The molecule has 3 amide bonds. The van der Waals surface area contributed by atoms with E-state index >= 15 is 0 Å². The molecule has 164 valence electrons. The first-order valence-electron chi connectivity index (χ1n) is 10.0. The van der Waals surface area contributed by atoms with Gasteiger partial charge in [0.1, 0.15) is 0 Å². The van der Waals surface area contributed by atoms with E-state index in [4.69, 9.17) is 9.47 Å². The number of benzene rings is 1. The molecule has 0 unspecified atom stereocenters. The highest BCUT2D eigenvalue weighted by Crippen LogP contribution is 2.22. The number of likely N-dealkylation sites (tertiary alicyclic amines) is 1. The molecule has 2 rings (SSSR count). The lowest BCUT2D eigenvalue weighted by molar-refractivity contribution is -0.121. The van der Waals surface area contributed by atoms with Crippen LogP contribution in [0.5, 0.6) is 0 Å². The van der Waals surface area contributed by atoms with E-state index in [-0.39, 0.29) is 42.2 Å². The first kappa shape index (κ1) is 23.2. The number of rotatable bonds is 6. The van der Waals surface area contributed by atoms with Gasteiger partial charge in [0.15, 0.2) is 0 Å². The molecule has 1 aliphatic heterocycles. The lowest BCUT2D eigenvalue weighted by Crippen LogP contribution is -2.45. The van der Waals surface area contributed by atoms with Crippen molar-refractivity contribution in [1.82, 2.24) is 9.80 Å². The Kier molecular flexibility index (Phi) is 8.20. The van der Waals surface area contributed by atoms with E-state index in [1.165, 1.54) is 23.1 Å². The van der Waals surface area contributed by atoms with Crippen molar-refractivity contribution in [3.63, 3.8) is 0 Å². The number of amides is 3. The molecule has 1 saturated heterocycles. The van der Waals surface area contributed by atoms with Gasteiger partial charge in [-0.1, -0.05) is 0 Å². The number of hydrogen-bond donors (Lipinski definition) is 1. The number of urea groups is 1. The number of anilines is 1. The third kappa shape index (κ3) is 5.95. The Morgan fingerprint density at radius 1 is 0.967 bits per heavy atom. The smallest absolute Gasteiger partial charge is 0.338 e. The Balaban J connectivity index is 2.12. The lowest BCUT2D eigenvalue weighted by Gasteiger charge is -2.33. The van der Waals surface area contributed by atoms with Crippen molar-refractivity contribution in [2.75, 3.05) is 45.7 Å². The molecule has 1 aromatic rings. The molecule has 30 heavy (non-hydrogen) atoms. The first-order chi connectivity index (χ1) is 14.3. The number of piperidine rings is 1. The summed E-state index contributed by atoms with van der Waals surface area (Å²) >= 11 is 0. The molecule has 0 aromatic heterocycles. The summed E-state index contributed by atoms with van der Waals surface area (Å²) in [5.41, 5.74) is 0.633. The molecule has 1 N–H and O–H groups in total. The normalized spacial score (nSPS) is 14.1. The fourth-order valence-electron chi connectivity index (χ4n) is 3.22. The fourth-order valence-corrected chi connectivity index (χ4v) is 3.22. The van der Waals surface area contributed by atoms with E-state index in [0.29, 0.717) is 31.6 Å². The molecule has 1 fully saturated rings. The molecule has 9 heteroatoms. The summed E-state index contributed by atoms with van der Waals surface area (Å²) in [6, 6.07) is 4.26. The Hall–Kier alpha value is -3.10. The summed E-state index contributed by atoms with van der Waals surface area (Å²) in [5, 5.41) is 2.78. The van der Waals surface area contributed by atoms with E-state index in [9.17, 15) is 19.2 Å². The first-order valence-corrected chi connectivity index (χ1v) is 10.0. The van der Waals surface area contributed by atoms with Crippen LogP contribution in [0.3, 0.4) is 0 Å². The molecule has 0 saturated carbocycles. The number of nitrogens with zero attached hydrogens (tertiary/aromatic N) is 2. The van der Waals surface area contributed by atoms with Crippen molar-refractivity contribution in [1.29, 1.82) is 0 Å². The largest absolute Gasteiger partial charge is 0.462 e. The zero-order valence-electron chi connectivity index (χ0n) is 17.9. The minimum Gasteiger partial charge on any atom is -0.462 e. The number of nitrogens with one attached hydrogen (secondary N) is 1. The van der Waals surface area contributed by atoms with Crippen LogP contribution < -0.4 is 5.32 Å². The predicted octanol–water partition coefficient (Wildman–Crippen LogP) is 2.37. The number of esters is 2. The highest BCUT2D eigenvalue weighted by molar-refractivity contribution is 6.00. The van der Waals surface area contributed by atoms with Crippen LogP contribution in [0.4, 0.5) is 10.5 Å². The molecule has 0 radical (unpaired) electrons. The van der Waals surface area contributed by atoms with Crippen LogP contribution in [0, 0.1) is 5.92 Å². The van der Waals surface area contributed by atoms with Crippen molar-refractivity contribution in [2.24, 2.45) is 5.92 Å². The van der Waals surface area contributed by atoms with Gasteiger partial charge in [-0.2, -0.15) is 0 Å². The van der Waals surface area contributed by atoms with E-state index in [2.05, 4.69) is 5.32 Å². The van der Waals surface area contributed by atoms with Crippen molar-refractivity contribution >= 4 is 29.6 Å². The van der Waals surface area contributed by atoms with Gasteiger partial charge in [0.25, 0.3) is 0 Å². The Labute approximate surface area is 176 Å². The summed E-state index contributed by atoms with van der Waals surface area (Å²) < 4.78 is 10.0. The van der Waals surface area contributed by atoms with Gasteiger partial charge in [-0.25, -0.2) is 14.4 Å².